The predicted molar refractivity (Wildman–Crippen MR) is 147 cm³/mol. The second-order valence-corrected chi connectivity index (χ2v) is 10.5. The van der Waals surface area contributed by atoms with Crippen molar-refractivity contribution in [1.82, 2.24) is 20.3 Å². The third kappa shape index (κ3) is 7.62. The van der Waals surface area contributed by atoms with Crippen LogP contribution in [-0.2, 0) is 11.2 Å². The van der Waals surface area contributed by atoms with Crippen molar-refractivity contribution in [1.29, 1.82) is 0 Å². The van der Waals surface area contributed by atoms with E-state index in [4.69, 9.17) is 9.26 Å². The number of aromatic nitrogens is 1. The molecule has 4 N–H and O–H groups in total. The van der Waals surface area contributed by atoms with E-state index in [0.717, 1.165) is 0 Å². The normalized spacial score (nSPS) is 18.3. The number of anilines is 2. The number of aryl methyl sites for hydroxylation is 2. The van der Waals surface area contributed by atoms with Crippen LogP contribution in [0.3, 0.4) is 0 Å². The van der Waals surface area contributed by atoms with E-state index < -0.39 is 12.1 Å². The molecule has 0 unspecified atom stereocenters. The van der Waals surface area contributed by atoms with Crippen molar-refractivity contribution in [3.05, 3.63) is 35.2 Å². The Hall–Kier alpha value is -3.80. The second-order valence-electron chi connectivity index (χ2n) is 10.5. The summed E-state index contributed by atoms with van der Waals surface area (Å²) >= 11 is 0. The molecule has 2 aromatic rings. The summed E-state index contributed by atoms with van der Waals surface area (Å²) in [6.45, 7) is 11.3. The molecule has 0 bridgehead atoms. The van der Waals surface area contributed by atoms with Gasteiger partial charge < -0.3 is 40.1 Å². The number of ether oxygens (including phenoxy) is 1. The molecular formula is C27H40N6O6. The summed E-state index contributed by atoms with van der Waals surface area (Å²) in [5.74, 6) is 0.655. The van der Waals surface area contributed by atoms with Crippen molar-refractivity contribution < 1.29 is 28.8 Å². The van der Waals surface area contributed by atoms with Gasteiger partial charge >= 0.3 is 12.1 Å². The van der Waals surface area contributed by atoms with E-state index in [2.05, 4.69) is 21.1 Å². The van der Waals surface area contributed by atoms with E-state index in [-0.39, 0.29) is 49.5 Å². The summed E-state index contributed by atoms with van der Waals surface area (Å²) in [5, 5.41) is 22.1. The van der Waals surface area contributed by atoms with Gasteiger partial charge in [0.25, 0.3) is 0 Å². The van der Waals surface area contributed by atoms with Crippen LogP contribution in [0, 0.1) is 19.8 Å². The van der Waals surface area contributed by atoms with E-state index in [1.807, 2.05) is 20.8 Å². The third-order valence-corrected chi connectivity index (χ3v) is 6.66. The van der Waals surface area contributed by atoms with Gasteiger partial charge in [-0.15, -0.1) is 0 Å². The second kappa shape index (κ2) is 12.8. The van der Waals surface area contributed by atoms with E-state index in [1.165, 1.54) is 4.90 Å². The lowest BCUT2D eigenvalue weighted by molar-refractivity contribution is -0.134. The molecule has 1 aliphatic heterocycles. The van der Waals surface area contributed by atoms with Crippen molar-refractivity contribution in [2.75, 3.05) is 37.4 Å². The maximum atomic E-state index is 13.4. The highest BCUT2D eigenvalue weighted by molar-refractivity contribution is 5.91. The maximum Gasteiger partial charge on any atom is 0.321 e. The number of carbonyl (C=O) groups is 3. The highest BCUT2D eigenvalue weighted by atomic mass is 16.5. The van der Waals surface area contributed by atoms with Crippen molar-refractivity contribution in [3.63, 3.8) is 0 Å². The molecule has 5 amide bonds. The zero-order valence-corrected chi connectivity index (χ0v) is 23.7. The van der Waals surface area contributed by atoms with Crippen molar-refractivity contribution in [2.24, 2.45) is 5.92 Å². The van der Waals surface area contributed by atoms with Crippen LogP contribution in [0.4, 0.5) is 21.0 Å². The molecule has 0 fully saturated rings. The van der Waals surface area contributed by atoms with Crippen LogP contribution in [0.2, 0.25) is 0 Å². The van der Waals surface area contributed by atoms with E-state index in [1.54, 1.807) is 50.9 Å². The molecule has 0 radical (unpaired) electrons. The molecule has 12 heteroatoms. The molecule has 3 rings (SSSR count). The number of hydrogen-bond donors (Lipinski definition) is 4. The van der Waals surface area contributed by atoms with Crippen molar-refractivity contribution in [3.8, 4) is 5.75 Å². The first kappa shape index (κ1) is 29.8. The number of amides is 5. The highest BCUT2D eigenvalue weighted by Crippen LogP contribution is 2.29. The van der Waals surface area contributed by atoms with Crippen molar-refractivity contribution in [2.45, 2.75) is 66.2 Å². The van der Waals surface area contributed by atoms with Crippen LogP contribution in [0.1, 0.15) is 44.7 Å². The molecule has 1 aromatic carbocycles. The molecule has 1 aromatic heterocycles. The minimum absolute atomic E-state index is 0.0306. The molecule has 12 nitrogen and oxygen atoms in total. The molecule has 0 aliphatic carbocycles. The van der Waals surface area contributed by atoms with Gasteiger partial charge in [0.05, 0.1) is 25.6 Å². The third-order valence-electron chi connectivity index (χ3n) is 6.66. The van der Waals surface area contributed by atoms with Crippen LogP contribution >= 0.6 is 0 Å². The standard InChI is InChI=1S/C27H40N6O6/c1-15(2)28-26(36)29-21-8-9-22-20(10-21)11-24(35)33(17(4)14-34)12-16(3)23(38-22)13-32(7)27(37)30-25-18(5)31-39-19(25)6/h8-10,15-17,23,34H,11-14H2,1-7H3,(H,30,37)(H2,28,29,36)/t16-,17+,23-/m1/s1. The van der Waals surface area contributed by atoms with E-state index in [9.17, 15) is 19.5 Å². The van der Waals surface area contributed by atoms with Crippen LogP contribution in [0.5, 0.6) is 5.75 Å². The Labute approximate surface area is 229 Å². The van der Waals surface area contributed by atoms with Gasteiger partial charge in [0.2, 0.25) is 5.91 Å². The maximum absolute atomic E-state index is 13.4. The average Bonchev–Trinajstić information content (AvgIpc) is 3.20. The zero-order chi connectivity index (χ0) is 28.9. The molecule has 3 atom stereocenters. The van der Waals surface area contributed by atoms with Gasteiger partial charge in [-0.2, -0.15) is 0 Å². The SMILES string of the molecule is Cc1noc(C)c1NC(=O)N(C)C[C@H]1Oc2ccc(NC(=O)NC(C)C)cc2CC(=O)N([C@@H](C)CO)C[C@H]1C. The van der Waals surface area contributed by atoms with Crippen LogP contribution in [0.15, 0.2) is 22.7 Å². The Kier molecular flexibility index (Phi) is 9.79. The number of nitrogens with one attached hydrogen (secondary N) is 3. The first-order chi connectivity index (χ1) is 18.4. The molecule has 0 saturated carbocycles. The fourth-order valence-corrected chi connectivity index (χ4v) is 4.37. The number of aliphatic hydroxyl groups is 1. The van der Waals surface area contributed by atoms with Gasteiger partial charge in [0.15, 0.2) is 5.76 Å². The van der Waals surface area contributed by atoms with E-state index in [0.29, 0.717) is 40.7 Å². The van der Waals surface area contributed by atoms with Crippen LogP contribution in [0.25, 0.3) is 0 Å². The van der Waals surface area contributed by atoms with Gasteiger partial charge in [0.1, 0.15) is 23.2 Å². The summed E-state index contributed by atoms with van der Waals surface area (Å²) in [5.41, 5.74) is 2.22. The largest absolute Gasteiger partial charge is 0.488 e. The number of benzene rings is 1. The topological polar surface area (TPSA) is 149 Å². The number of aliphatic hydroxyl groups excluding tert-OH is 1. The summed E-state index contributed by atoms with van der Waals surface area (Å²) in [6, 6.07) is 4.01. The van der Waals surface area contributed by atoms with Gasteiger partial charge in [-0.1, -0.05) is 12.1 Å². The smallest absolute Gasteiger partial charge is 0.321 e. The van der Waals surface area contributed by atoms with E-state index >= 15 is 0 Å². The number of nitrogens with zero attached hydrogens (tertiary/aromatic N) is 3. The molecule has 0 spiro atoms. The number of hydrogen-bond acceptors (Lipinski definition) is 7. The Balaban J connectivity index is 1.88. The number of urea groups is 2. The Morgan fingerprint density at radius 1 is 1.23 bits per heavy atom. The number of carbonyl (C=O) groups excluding carboxylic acids is 3. The Morgan fingerprint density at radius 2 is 1.95 bits per heavy atom. The summed E-state index contributed by atoms with van der Waals surface area (Å²) in [6.07, 6.45) is -0.450. The van der Waals surface area contributed by atoms with Gasteiger partial charge in [0, 0.05) is 36.8 Å². The Bertz CT molecular complexity index is 1160. The van der Waals surface area contributed by atoms with Crippen LogP contribution in [-0.4, -0.2) is 83.0 Å². The lowest BCUT2D eigenvalue weighted by Gasteiger charge is -2.34. The fraction of sp³-hybridized carbons (Fsp3) is 0.556. The minimum Gasteiger partial charge on any atom is -0.488 e. The first-order valence-corrected chi connectivity index (χ1v) is 13.1. The van der Waals surface area contributed by atoms with Crippen LogP contribution < -0.4 is 20.7 Å². The monoisotopic (exact) mass is 544 g/mol. The van der Waals surface area contributed by atoms with Gasteiger partial charge in [-0.3, -0.25) is 4.79 Å². The summed E-state index contributed by atoms with van der Waals surface area (Å²) < 4.78 is 11.6. The molecular weight excluding hydrogens is 504 g/mol. The van der Waals surface area contributed by atoms with Gasteiger partial charge in [-0.05, 0) is 52.8 Å². The lowest BCUT2D eigenvalue weighted by Crippen LogP contribution is -2.48. The number of fused-ring (bicyclic) bond motifs is 1. The summed E-state index contributed by atoms with van der Waals surface area (Å²) in [4.78, 5) is 41.8. The predicted octanol–water partition coefficient (Wildman–Crippen LogP) is 3.13. The molecule has 39 heavy (non-hydrogen) atoms. The minimum atomic E-state index is -0.480. The number of likely N-dealkylation sites (N-methyl/N-ethyl adjacent to an activating group) is 1. The molecule has 0 saturated heterocycles. The molecule has 214 valence electrons. The lowest BCUT2D eigenvalue weighted by atomic mass is 10.0. The average molecular weight is 545 g/mol. The fourth-order valence-electron chi connectivity index (χ4n) is 4.37. The highest BCUT2D eigenvalue weighted by Gasteiger charge is 2.32. The summed E-state index contributed by atoms with van der Waals surface area (Å²) in [7, 11) is 1.66. The van der Waals surface area contributed by atoms with Gasteiger partial charge in [-0.25, -0.2) is 9.59 Å². The first-order valence-electron chi connectivity index (χ1n) is 13.1. The quantitative estimate of drug-likeness (QED) is 0.418. The Morgan fingerprint density at radius 3 is 2.56 bits per heavy atom. The molecule has 2 heterocycles. The number of rotatable bonds is 7. The zero-order valence-electron chi connectivity index (χ0n) is 23.7. The molecule has 1 aliphatic rings. The van der Waals surface area contributed by atoms with Crippen molar-refractivity contribution >= 4 is 29.3 Å².